The average Bonchev–Trinajstić information content (AvgIpc) is 0.861. The number of ketones is 4. The molecular formula is C77H63Cl3N12O8. The molecule has 23 heteroatoms. The maximum Gasteiger partial charge on any atom is 0.187 e. The van der Waals surface area contributed by atoms with Gasteiger partial charge in [-0.1, -0.05) is 58.9 Å². The Balaban J connectivity index is 0.000000156. The SMILES string of the molecule is C#Cc1ccc(CC(=O)c2cc(Oc3cccnc3)cc(C)n2)nc1.Cc1ccc(CC(=O)c2cc(Oc3cncc(Cl)c3)cc(C)n2)nc1.Cc1ccc(CC(=O)c2cc(Oc3cncc(Cl)c3)cc(C)n2)nc1.Cc1cccc(CC(=O)c2cc(Oc3cncc(Cl)c3)cc(C)n2)n1. The first-order chi connectivity index (χ1) is 48.1. The quantitative estimate of drug-likeness (QED) is 0.0507. The van der Waals surface area contributed by atoms with Crippen LogP contribution in [0.1, 0.15) is 110 Å². The van der Waals surface area contributed by atoms with Gasteiger partial charge in [0.05, 0.1) is 65.5 Å². The summed E-state index contributed by atoms with van der Waals surface area (Å²) in [5, 5.41) is 1.43. The first kappa shape index (κ1) is 72.4. The number of carbonyl (C=O) groups excluding carboxylic acids is 4. The van der Waals surface area contributed by atoms with Crippen LogP contribution in [0.4, 0.5) is 0 Å². The van der Waals surface area contributed by atoms with E-state index in [4.69, 9.17) is 60.2 Å². The lowest BCUT2D eigenvalue weighted by Gasteiger charge is -2.08. The van der Waals surface area contributed by atoms with Gasteiger partial charge in [-0.15, -0.1) is 6.42 Å². The number of nitrogens with zero attached hydrogens (tertiary/aromatic N) is 12. The lowest BCUT2D eigenvalue weighted by Crippen LogP contribution is -2.08. The highest BCUT2D eigenvalue weighted by Gasteiger charge is 2.18. The molecule has 0 saturated heterocycles. The van der Waals surface area contributed by atoms with E-state index >= 15 is 0 Å². The molecule has 12 aromatic rings. The van der Waals surface area contributed by atoms with Crippen LogP contribution in [-0.2, 0) is 25.7 Å². The van der Waals surface area contributed by atoms with Crippen molar-refractivity contribution < 1.29 is 38.1 Å². The van der Waals surface area contributed by atoms with Crippen molar-refractivity contribution in [3.05, 3.63) is 307 Å². The largest absolute Gasteiger partial charge is 0.456 e. The number of hydrogen-bond donors (Lipinski definition) is 0. The van der Waals surface area contributed by atoms with Gasteiger partial charge < -0.3 is 18.9 Å². The Morgan fingerprint density at radius 2 is 0.700 bits per heavy atom. The number of pyridine rings is 12. The Kier molecular flexibility index (Phi) is 25.6. The predicted molar refractivity (Wildman–Crippen MR) is 379 cm³/mol. The summed E-state index contributed by atoms with van der Waals surface area (Å²) in [6.45, 7) is 13.0. The molecule has 12 aromatic heterocycles. The van der Waals surface area contributed by atoms with Crippen LogP contribution in [0.3, 0.4) is 0 Å². The van der Waals surface area contributed by atoms with Crippen molar-refractivity contribution in [2.45, 2.75) is 74.1 Å². The number of terminal acetylenes is 1. The maximum absolute atomic E-state index is 12.5. The fraction of sp³-hybridized carbons (Fsp3) is 0.143. The van der Waals surface area contributed by atoms with Gasteiger partial charge in [-0.2, -0.15) is 0 Å². The number of ether oxygens (including phenoxy) is 4. The van der Waals surface area contributed by atoms with Crippen molar-refractivity contribution in [2.75, 3.05) is 0 Å². The second kappa shape index (κ2) is 35.4. The molecule has 0 aliphatic carbocycles. The zero-order chi connectivity index (χ0) is 71.1. The maximum atomic E-state index is 12.5. The number of aryl methyl sites for hydroxylation is 7. The molecule has 0 aromatic carbocycles. The number of aromatic nitrogens is 12. The van der Waals surface area contributed by atoms with Crippen LogP contribution in [0, 0.1) is 60.8 Å². The highest BCUT2D eigenvalue weighted by molar-refractivity contribution is 6.31. The molecule has 0 amide bonds. The summed E-state index contributed by atoms with van der Waals surface area (Å²) in [5.41, 5.74) is 10.5. The van der Waals surface area contributed by atoms with Crippen molar-refractivity contribution in [1.29, 1.82) is 0 Å². The van der Waals surface area contributed by atoms with Crippen LogP contribution in [0.2, 0.25) is 15.1 Å². The van der Waals surface area contributed by atoms with E-state index < -0.39 is 0 Å². The molecule has 0 saturated carbocycles. The highest BCUT2D eigenvalue weighted by atomic mass is 35.5. The fourth-order valence-corrected chi connectivity index (χ4v) is 9.68. The van der Waals surface area contributed by atoms with Crippen molar-refractivity contribution in [2.24, 2.45) is 0 Å². The third-order valence-corrected chi connectivity index (χ3v) is 14.3. The van der Waals surface area contributed by atoms with Crippen LogP contribution >= 0.6 is 34.8 Å². The summed E-state index contributed by atoms with van der Waals surface area (Å²) < 4.78 is 23.0. The van der Waals surface area contributed by atoms with Crippen LogP contribution < -0.4 is 18.9 Å². The van der Waals surface area contributed by atoms with Gasteiger partial charge in [0.2, 0.25) is 0 Å². The van der Waals surface area contributed by atoms with Gasteiger partial charge in [-0.05, 0) is 108 Å². The van der Waals surface area contributed by atoms with E-state index in [1.807, 2.05) is 90.9 Å². The molecule has 0 atom stereocenters. The molecule has 12 rings (SSSR count). The number of hydrogen-bond acceptors (Lipinski definition) is 20. The van der Waals surface area contributed by atoms with Gasteiger partial charge in [-0.3, -0.25) is 59.0 Å². The summed E-state index contributed by atoms with van der Waals surface area (Å²) in [4.78, 5) is 100. The summed E-state index contributed by atoms with van der Waals surface area (Å²) in [5.74, 6) is 6.17. The third-order valence-electron chi connectivity index (χ3n) is 13.7. The van der Waals surface area contributed by atoms with Crippen LogP contribution in [0.15, 0.2) is 202 Å². The Morgan fingerprint density at radius 3 is 1.02 bits per heavy atom. The van der Waals surface area contributed by atoms with Crippen LogP contribution in [0.5, 0.6) is 46.0 Å². The molecule has 0 spiro atoms. The van der Waals surface area contributed by atoms with E-state index in [0.29, 0.717) is 129 Å². The van der Waals surface area contributed by atoms with E-state index in [1.165, 1.54) is 18.6 Å². The molecule has 0 unspecified atom stereocenters. The van der Waals surface area contributed by atoms with Gasteiger partial charge in [-0.25, -0.2) is 19.9 Å². The zero-order valence-electron chi connectivity index (χ0n) is 55.2. The summed E-state index contributed by atoms with van der Waals surface area (Å²) >= 11 is 17.7. The Hall–Kier alpha value is -11.9. The monoisotopic (exact) mass is 1390 g/mol. The van der Waals surface area contributed by atoms with Gasteiger partial charge in [0, 0.05) is 167 Å². The molecule has 0 bridgehead atoms. The number of rotatable bonds is 20. The highest BCUT2D eigenvalue weighted by Crippen LogP contribution is 2.29. The summed E-state index contributed by atoms with van der Waals surface area (Å²) in [6.07, 6.45) is 23.6. The first-order valence-corrected chi connectivity index (χ1v) is 31.9. The molecular weight excluding hydrogens is 1330 g/mol. The minimum atomic E-state index is -0.138. The minimum absolute atomic E-state index is 0.115. The second-order valence-corrected chi connectivity index (χ2v) is 23.7. The van der Waals surface area contributed by atoms with Crippen molar-refractivity contribution in [1.82, 2.24) is 59.8 Å². The van der Waals surface area contributed by atoms with Gasteiger partial charge in [0.1, 0.15) is 68.8 Å². The predicted octanol–water partition coefficient (Wildman–Crippen LogP) is 16.5. The second-order valence-electron chi connectivity index (χ2n) is 22.4. The smallest absolute Gasteiger partial charge is 0.187 e. The van der Waals surface area contributed by atoms with Gasteiger partial charge in [0.25, 0.3) is 0 Å². The molecule has 12 heterocycles. The van der Waals surface area contributed by atoms with Crippen LogP contribution in [0.25, 0.3) is 0 Å². The van der Waals surface area contributed by atoms with E-state index in [-0.39, 0.29) is 48.8 Å². The van der Waals surface area contributed by atoms with E-state index in [0.717, 1.165) is 22.5 Å². The molecule has 0 aliphatic rings. The van der Waals surface area contributed by atoms with E-state index in [1.54, 1.807) is 141 Å². The molecule has 100 heavy (non-hydrogen) atoms. The molecule has 0 N–H and O–H groups in total. The van der Waals surface area contributed by atoms with Gasteiger partial charge >= 0.3 is 0 Å². The molecule has 0 radical (unpaired) electrons. The van der Waals surface area contributed by atoms with Crippen molar-refractivity contribution in [3.63, 3.8) is 0 Å². The molecule has 20 nitrogen and oxygen atoms in total. The number of Topliss-reactive ketones (excluding diaryl/α,β-unsaturated/α-hetero) is 4. The topological polar surface area (TPSA) is 260 Å². The Morgan fingerprint density at radius 1 is 0.340 bits per heavy atom. The Labute approximate surface area is 592 Å². The number of halogens is 3. The first-order valence-electron chi connectivity index (χ1n) is 30.8. The normalized spacial score (nSPS) is 10.4. The zero-order valence-corrected chi connectivity index (χ0v) is 57.5. The van der Waals surface area contributed by atoms with E-state index in [2.05, 4.69) is 65.7 Å². The summed E-state index contributed by atoms with van der Waals surface area (Å²) in [6, 6.07) is 38.7. The van der Waals surface area contributed by atoms with Crippen molar-refractivity contribution in [3.8, 4) is 58.3 Å². The Bertz CT molecular complexity index is 4760. The van der Waals surface area contributed by atoms with E-state index in [9.17, 15) is 19.2 Å². The van der Waals surface area contributed by atoms with Gasteiger partial charge in [0.15, 0.2) is 23.1 Å². The van der Waals surface area contributed by atoms with Crippen LogP contribution in [-0.4, -0.2) is 82.9 Å². The lowest BCUT2D eigenvalue weighted by molar-refractivity contribution is 0.0978. The average molecular weight is 1390 g/mol. The molecule has 500 valence electrons. The lowest BCUT2D eigenvalue weighted by atomic mass is 10.1. The summed E-state index contributed by atoms with van der Waals surface area (Å²) in [7, 11) is 0. The molecule has 0 aliphatic heterocycles. The van der Waals surface area contributed by atoms with Crippen molar-refractivity contribution >= 4 is 57.9 Å². The standard InChI is InChI=1S/C20H15N3O2.3C19H16ClN3O2/c1-3-15-6-7-16(22-12-15)10-20(24)19-11-18(9-14(2)23-19)25-17-5-4-8-21-13-17;2*1-12-3-4-15(22-9-12)7-19(24)18-8-16(5-13(2)23-18)25-17-6-14(20)10-21-11-17;1-12-4-3-5-15(22-12)8-19(24)18-9-16(6-13(2)23-18)25-17-7-14(20)10-21-11-17/h1,4-9,11-13H,10H2,2H3;2*3-6,8-11H,7H2,1-2H3;3-7,9-11H,8H2,1-2H3. The fourth-order valence-electron chi connectivity index (χ4n) is 9.19. The molecule has 0 fully saturated rings. The number of carbonyl (C=O) groups is 4. The minimum Gasteiger partial charge on any atom is -0.456 e. The third kappa shape index (κ3) is 23.2.